The van der Waals surface area contributed by atoms with Gasteiger partial charge in [-0.3, -0.25) is 0 Å². The molecule has 0 spiro atoms. The van der Waals surface area contributed by atoms with Gasteiger partial charge >= 0.3 is 0 Å². The minimum Gasteiger partial charge on any atom is -0.103 e. The highest BCUT2D eigenvalue weighted by atomic mass is 14.3. The molecule has 0 amide bonds. The van der Waals surface area contributed by atoms with Gasteiger partial charge in [-0.2, -0.15) is 0 Å². The maximum absolute atomic E-state index is 3.93. The number of allylic oxidation sites excluding steroid dienone is 2. The molecule has 0 nitrogen and oxygen atoms in total. The largest absolute Gasteiger partial charge is 0.103 e. The third kappa shape index (κ3) is 9.93. The second-order valence-corrected chi connectivity index (χ2v) is 7.08. The topological polar surface area (TPSA) is 0 Å². The summed E-state index contributed by atoms with van der Waals surface area (Å²) >= 11 is 0. The van der Waals surface area contributed by atoms with Crippen molar-refractivity contribution in [2.24, 2.45) is 11.3 Å². The summed E-state index contributed by atoms with van der Waals surface area (Å²) in [5.41, 5.74) is 0.577. The fraction of sp³-hybridized carbons (Fsp3) is 0.810. The van der Waals surface area contributed by atoms with E-state index in [1.165, 1.54) is 77.0 Å². The maximum atomic E-state index is 3.93. The van der Waals surface area contributed by atoms with Crippen LogP contribution in [0.5, 0.6) is 0 Å². The Kier molecular flexibility index (Phi) is 12.8. The van der Waals surface area contributed by atoms with E-state index in [9.17, 15) is 0 Å². The van der Waals surface area contributed by atoms with Gasteiger partial charge < -0.3 is 0 Å². The van der Waals surface area contributed by atoms with Gasteiger partial charge in [0.05, 0.1) is 0 Å². The van der Waals surface area contributed by atoms with Crippen LogP contribution < -0.4 is 0 Å². The summed E-state index contributed by atoms with van der Waals surface area (Å²) in [6.45, 7) is 14.9. The molecule has 0 fully saturated rings. The quantitative estimate of drug-likeness (QED) is 0.214. The molecule has 0 bridgehead atoms. The van der Waals surface area contributed by atoms with Crippen LogP contribution in [0.4, 0.5) is 0 Å². The third-order valence-electron chi connectivity index (χ3n) is 4.81. The molecule has 124 valence electrons. The van der Waals surface area contributed by atoms with Crippen molar-refractivity contribution in [1.82, 2.24) is 0 Å². The Labute approximate surface area is 135 Å². The second-order valence-electron chi connectivity index (χ2n) is 7.08. The SMILES string of the molecule is C=CCCCC(CCC)(CCCCCC)CC(C)CC=C. The van der Waals surface area contributed by atoms with Crippen molar-refractivity contribution in [3.05, 3.63) is 25.3 Å². The van der Waals surface area contributed by atoms with Crippen LogP contribution in [0.2, 0.25) is 0 Å². The maximum Gasteiger partial charge on any atom is -0.0295 e. The summed E-state index contributed by atoms with van der Waals surface area (Å²) in [5.74, 6) is 0.781. The van der Waals surface area contributed by atoms with Crippen molar-refractivity contribution in [3.8, 4) is 0 Å². The number of hydrogen-bond acceptors (Lipinski definition) is 0. The van der Waals surface area contributed by atoms with Crippen molar-refractivity contribution in [1.29, 1.82) is 0 Å². The molecule has 0 radical (unpaired) electrons. The highest BCUT2D eigenvalue weighted by Gasteiger charge is 2.29. The first-order valence-corrected chi connectivity index (χ1v) is 9.36. The van der Waals surface area contributed by atoms with E-state index in [1.54, 1.807) is 0 Å². The Bertz CT molecular complexity index is 253. The van der Waals surface area contributed by atoms with Crippen LogP contribution in [0.15, 0.2) is 25.3 Å². The minimum absolute atomic E-state index is 0.577. The lowest BCUT2D eigenvalue weighted by Crippen LogP contribution is -2.24. The highest BCUT2D eigenvalue weighted by molar-refractivity contribution is 4.84. The predicted octanol–water partition coefficient (Wildman–Crippen LogP) is 7.70. The van der Waals surface area contributed by atoms with Gasteiger partial charge in [-0.1, -0.05) is 65.0 Å². The minimum atomic E-state index is 0.577. The van der Waals surface area contributed by atoms with E-state index in [0.717, 1.165) is 5.92 Å². The van der Waals surface area contributed by atoms with Crippen LogP contribution in [0, 0.1) is 11.3 Å². The van der Waals surface area contributed by atoms with Crippen LogP contribution in [-0.2, 0) is 0 Å². The summed E-state index contributed by atoms with van der Waals surface area (Å²) in [6.07, 6.45) is 20.3. The van der Waals surface area contributed by atoms with Crippen molar-refractivity contribution in [2.45, 2.75) is 97.8 Å². The van der Waals surface area contributed by atoms with E-state index in [4.69, 9.17) is 0 Å². The van der Waals surface area contributed by atoms with Crippen LogP contribution in [0.3, 0.4) is 0 Å². The summed E-state index contributed by atoms with van der Waals surface area (Å²) in [4.78, 5) is 0. The van der Waals surface area contributed by atoms with Gasteiger partial charge in [-0.15, -0.1) is 13.2 Å². The first-order chi connectivity index (χ1) is 10.1. The molecule has 0 heterocycles. The van der Waals surface area contributed by atoms with Gasteiger partial charge in [0, 0.05) is 0 Å². The van der Waals surface area contributed by atoms with Crippen LogP contribution in [0.25, 0.3) is 0 Å². The molecular formula is C21H40. The summed E-state index contributed by atoms with van der Waals surface area (Å²) < 4.78 is 0. The number of unbranched alkanes of at least 4 members (excludes halogenated alkanes) is 4. The molecule has 0 aromatic heterocycles. The Morgan fingerprint density at radius 3 is 2.14 bits per heavy atom. The van der Waals surface area contributed by atoms with Crippen molar-refractivity contribution in [2.75, 3.05) is 0 Å². The summed E-state index contributed by atoms with van der Waals surface area (Å²) in [7, 11) is 0. The smallest absolute Gasteiger partial charge is 0.0295 e. The van der Waals surface area contributed by atoms with Crippen molar-refractivity contribution in [3.63, 3.8) is 0 Å². The molecular weight excluding hydrogens is 252 g/mol. The molecule has 0 aliphatic rings. The van der Waals surface area contributed by atoms with Gasteiger partial charge in [0.15, 0.2) is 0 Å². The highest BCUT2D eigenvalue weighted by Crippen LogP contribution is 2.42. The van der Waals surface area contributed by atoms with E-state index in [1.807, 2.05) is 0 Å². The van der Waals surface area contributed by atoms with Crippen molar-refractivity contribution >= 4 is 0 Å². The first kappa shape index (κ1) is 20.5. The van der Waals surface area contributed by atoms with E-state index >= 15 is 0 Å². The predicted molar refractivity (Wildman–Crippen MR) is 98.7 cm³/mol. The molecule has 21 heavy (non-hydrogen) atoms. The fourth-order valence-corrected chi connectivity index (χ4v) is 3.87. The number of hydrogen-bond donors (Lipinski definition) is 0. The molecule has 0 rings (SSSR count). The van der Waals surface area contributed by atoms with Gasteiger partial charge in [-0.25, -0.2) is 0 Å². The zero-order chi connectivity index (χ0) is 16.0. The lowest BCUT2D eigenvalue weighted by Gasteiger charge is -2.36. The fourth-order valence-electron chi connectivity index (χ4n) is 3.87. The van der Waals surface area contributed by atoms with E-state index in [-0.39, 0.29) is 0 Å². The molecule has 0 saturated heterocycles. The van der Waals surface area contributed by atoms with Gasteiger partial charge in [0.1, 0.15) is 0 Å². The van der Waals surface area contributed by atoms with Crippen molar-refractivity contribution < 1.29 is 0 Å². The summed E-state index contributed by atoms with van der Waals surface area (Å²) in [6, 6.07) is 0. The van der Waals surface area contributed by atoms with Gasteiger partial charge in [0.2, 0.25) is 0 Å². The Morgan fingerprint density at radius 2 is 1.57 bits per heavy atom. The molecule has 2 atom stereocenters. The Balaban J connectivity index is 4.66. The third-order valence-corrected chi connectivity index (χ3v) is 4.81. The standard InChI is InChI=1S/C21H40/c1-6-10-12-14-18-21(16-9-4,17-13-11-7-2)19-20(5)15-8-3/h7-8,20H,2-3,6,9-19H2,1,4-5H3. The van der Waals surface area contributed by atoms with Gasteiger partial charge in [-0.05, 0) is 56.3 Å². The molecule has 0 saturated carbocycles. The Hall–Kier alpha value is -0.520. The van der Waals surface area contributed by atoms with Gasteiger partial charge in [0.25, 0.3) is 0 Å². The molecule has 0 aliphatic carbocycles. The molecule has 2 unspecified atom stereocenters. The second kappa shape index (κ2) is 13.2. The lowest BCUT2D eigenvalue weighted by molar-refractivity contribution is 0.156. The monoisotopic (exact) mass is 292 g/mol. The molecule has 0 heteroatoms. The average Bonchev–Trinajstić information content (AvgIpc) is 2.44. The van der Waals surface area contributed by atoms with E-state index < -0.39 is 0 Å². The first-order valence-electron chi connectivity index (χ1n) is 9.36. The van der Waals surface area contributed by atoms with Crippen LogP contribution in [0.1, 0.15) is 97.8 Å². The average molecular weight is 293 g/mol. The zero-order valence-electron chi connectivity index (χ0n) is 15.1. The number of rotatable bonds is 15. The Morgan fingerprint density at radius 1 is 0.857 bits per heavy atom. The zero-order valence-corrected chi connectivity index (χ0v) is 15.1. The van der Waals surface area contributed by atoms with E-state index in [0.29, 0.717) is 5.41 Å². The molecule has 0 aromatic rings. The molecule has 0 N–H and O–H groups in total. The lowest BCUT2D eigenvalue weighted by atomic mass is 9.69. The summed E-state index contributed by atoms with van der Waals surface area (Å²) in [5, 5.41) is 0. The van der Waals surface area contributed by atoms with Crippen LogP contribution in [-0.4, -0.2) is 0 Å². The molecule has 0 aliphatic heterocycles. The molecule has 0 aromatic carbocycles. The normalized spacial score (nSPS) is 15.4. The van der Waals surface area contributed by atoms with E-state index in [2.05, 4.69) is 46.1 Å². The van der Waals surface area contributed by atoms with Crippen LogP contribution >= 0.6 is 0 Å².